The van der Waals surface area contributed by atoms with E-state index in [1.165, 1.54) is 37.8 Å². The van der Waals surface area contributed by atoms with Crippen molar-refractivity contribution in [3.8, 4) is 11.8 Å². The lowest BCUT2D eigenvalue weighted by atomic mass is 10.1. The maximum atomic E-state index is 8.76. The fourth-order valence-corrected chi connectivity index (χ4v) is 2.77. The average Bonchev–Trinajstić information content (AvgIpc) is 2.65. The lowest BCUT2D eigenvalue weighted by Gasteiger charge is -2.26. The molecule has 1 atom stereocenters. The zero-order valence-electron chi connectivity index (χ0n) is 12.4. The number of hydrogen-bond acceptors (Lipinski definition) is 2. The molecular weight excluding hydrogens is 246 g/mol. The minimum Gasteiger partial charge on any atom is -0.395 e. The van der Waals surface area contributed by atoms with Crippen LogP contribution in [0.5, 0.6) is 0 Å². The summed E-state index contributed by atoms with van der Waals surface area (Å²) in [5.74, 6) is 6.11. The van der Waals surface area contributed by atoms with Crippen LogP contribution in [-0.4, -0.2) is 29.2 Å². The van der Waals surface area contributed by atoms with E-state index in [1.807, 2.05) is 6.07 Å². The Morgan fingerprint density at radius 2 is 2.20 bits per heavy atom. The molecule has 0 spiro atoms. The van der Waals surface area contributed by atoms with Crippen molar-refractivity contribution in [2.75, 3.05) is 13.2 Å². The lowest BCUT2D eigenvalue weighted by Crippen LogP contribution is -2.31. The van der Waals surface area contributed by atoms with Gasteiger partial charge in [0.05, 0.1) is 6.61 Å². The lowest BCUT2D eigenvalue weighted by molar-refractivity contribution is 0.205. The first-order valence-corrected chi connectivity index (χ1v) is 7.72. The predicted molar refractivity (Wildman–Crippen MR) is 83.4 cm³/mol. The summed E-state index contributed by atoms with van der Waals surface area (Å²) in [7, 11) is 0. The summed E-state index contributed by atoms with van der Waals surface area (Å²) in [5, 5.41) is 8.76. The van der Waals surface area contributed by atoms with Gasteiger partial charge in [0.1, 0.15) is 0 Å². The molecule has 2 rings (SSSR count). The zero-order chi connectivity index (χ0) is 14.2. The number of aliphatic hydroxyl groups is 1. The van der Waals surface area contributed by atoms with E-state index in [-0.39, 0.29) is 6.61 Å². The highest BCUT2D eigenvalue weighted by molar-refractivity contribution is 5.37. The fraction of sp³-hybridized carbons (Fsp3) is 0.556. The molecule has 1 unspecified atom stereocenters. The maximum Gasteiger partial charge on any atom is 0.0540 e. The molecule has 2 nitrogen and oxygen atoms in total. The topological polar surface area (TPSA) is 23.5 Å². The summed E-state index contributed by atoms with van der Waals surface area (Å²) in [6.45, 7) is 4.71. The molecule has 1 aliphatic heterocycles. The molecule has 0 aromatic heterocycles. The standard InChI is InChI=1S/C18H25NO/c1-16-8-3-2-5-12-19(16)15-18-11-7-10-17(14-18)9-4-6-13-20/h7,10-11,14,16,20H,2-3,5-6,8,12-13,15H2,1H3. The number of hydrogen-bond donors (Lipinski definition) is 1. The maximum absolute atomic E-state index is 8.76. The number of rotatable bonds is 3. The number of nitrogens with zero attached hydrogens (tertiary/aromatic N) is 1. The van der Waals surface area contributed by atoms with Crippen LogP contribution in [0.2, 0.25) is 0 Å². The first-order chi connectivity index (χ1) is 9.79. The van der Waals surface area contributed by atoms with Crippen molar-refractivity contribution in [2.24, 2.45) is 0 Å². The van der Waals surface area contributed by atoms with Gasteiger partial charge in [-0.2, -0.15) is 0 Å². The fourth-order valence-electron chi connectivity index (χ4n) is 2.77. The van der Waals surface area contributed by atoms with Gasteiger partial charge < -0.3 is 5.11 Å². The van der Waals surface area contributed by atoms with Crippen molar-refractivity contribution >= 4 is 0 Å². The van der Waals surface area contributed by atoms with Gasteiger partial charge in [-0.1, -0.05) is 36.8 Å². The first-order valence-electron chi connectivity index (χ1n) is 7.72. The molecule has 1 fully saturated rings. The minimum absolute atomic E-state index is 0.137. The highest BCUT2D eigenvalue weighted by Crippen LogP contribution is 2.19. The van der Waals surface area contributed by atoms with Crippen LogP contribution in [0.15, 0.2) is 24.3 Å². The molecule has 2 heteroatoms. The van der Waals surface area contributed by atoms with E-state index in [2.05, 4.69) is 41.9 Å². The molecule has 0 aliphatic carbocycles. The van der Waals surface area contributed by atoms with Crippen LogP contribution >= 0.6 is 0 Å². The Labute approximate surface area is 122 Å². The molecule has 1 saturated heterocycles. The Bertz CT molecular complexity index is 472. The molecule has 0 bridgehead atoms. The highest BCUT2D eigenvalue weighted by atomic mass is 16.2. The summed E-state index contributed by atoms with van der Waals surface area (Å²) < 4.78 is 0. The van der Waals surface area contributed by atoms with Gasteiger partial charge in [0, 0.05) is 24.6 Å². The van der Waals surface area contributed by atoms with E-state index < -0.39 is 0 Å². The van der Waals surface area contributed by atoms with Gasteiger partial charge in [-0.05, 0) is 44.0 Å². The highest BCUT2D eigenvalue weighted by Gasteiger charge is 2.16. The van der Waals surface area contributed by atoms with Gasteiger partial charge in [-0.25, -0.2) is 0 Å². The van der Waals surface area contributed by atoms with E-state index in [9.17, 15) is 0 Å². The van der Waals surface area contributed by atoms with Gasteiger partial charge in [0.15, 0.2) is 0 Å². The van der Waals surface area contributed by atoms with E-state index in [4.69, 9.17) is 5.11 Å². The SMILES string of the molecule is CC1CCCCCN1Cc1cccc(C#CCCO)c1. The van der Waals surface area contributed by atoms with Gasteiger partial charge in [0.2, 0.25) is 0 Å². The Balaban J connectivity index is 2.01. The van der Waals surface area contributed by atoms with Crippen molar-refractivity contribution < 1.29 is 5.11 Å². The number of benzene rings is 1. The zero-order valence-corrected chi connectivity index (χ0v) is 12.4. The van der Waals surface area contributed by atoms with Gasteiger partial charge in [-0.3, -0.25) is 4.90 Å². The second kappa shape index (κ2) is 8.09. The summed E-state index contributed by atoms with van der Waals surface area (Å²) in [4.78, 5) is 2.59. The molecule has 1 aromatic carbocycles. The van der Waals surface area contributed by atoms with E-state index in [0.717, 1.165) is 12.1 Å². The van der Waals surface area contributed by atoms with Crippen LogP contribution in [0.4, 0.5) is 0 Å². The third kappa shape index (κ3) is 4.67. The quantitative estimate of drug-likeness (QED) is 0.854. The molecule has 1 aliphatic rings. The Hall–Kier alpha value is -1.30. The molecule has 0 radical (unpaired) electrons. The molecule has 1 N–H and O–H groups in total. The summed E-state index contributed by atoms with van der Waals surface area (Å²) >= 11 is 0. The van der Waals surface area contributed by atoms with Crippen LogP contribution in [0.1, 0.15) is 50.2 Å². The second-order valence-electron chi connectivity index (χ2n) is 5.64. The molecule has 0 amide bonds. The van der Waals surface area contributed by atoms with E-state index in [1.54, 1.807) is 0 Å². The second-order valence-corrected chi connectivity index (χ2v) is 5.64. The molecular formula is C18H25NO. The van der Waals surface area contributed by atoms with Crippen molar-refractivity contribution in [3.63, 3.8) is 0 Å². The summed E-state index contributed by atoms with van der Waals surface area (Å²) in [6, 6.07) is 9.18. The van der Waals surface area contributed by atoms with Crippen LogP contribution < -0.4 is 0 Å². The third-order valence-corrected chi connectivity index (χ3v) is 3.97. The van der Waals surface area contributed by atoms with Crippen molar-refractivity contribution in [1.82, 2.24) is 4.90 Å². The minimum atomic E-state index is 0.137. The van der Waals surface area contributed by atoms with Crippen LogP contribution in [-0.2, 0) is 6.54 Å². The Morgan fingerprint density at radius 1 is 1.30 bits per heavy atom. The summed E-state index contributed by atoms with van der Waals surface area (Å²) in [5.41, 5.74) is 2.40. The monoisotopic (exact) mass is 271 g/mol. The van der Waals surface area contributed by atoms with Crippen molar-refractivity contribution in [1.29, 1.82) is 0 Å². The first kappa shape index (κ1) is 15.1. The van der Waals surface area contributed by atoms with Gasteiger partial charge in [0.25, 0.3) is 0 Å². The molecule has 20 heavy (non-hydrogen) atoms. The van der Waals surface area contributed by atoms with Gasteiger partial charge in [-0.15, -0.1) is 0 Å². The number of likely N-dealkylation sites (tertiary alicyclic amines) is 1. The molecule has 1 aromatic rings. The molecule has 1 heterocycles. The predicted octanol–water partition coefficient (Wildman–Crippen LogP) is 3.19. The average molecular weight is 271 g/mol. The third-order valence-electron chi connectivity index (χ3n) is 3.97. The van der Waals surface area contributed by atoms with Crippen LogP contribution in [0, 0.1) is 11.8 Å². The number of aliphatic hydroxyl groups excluding tert-OH is 1. The van der Waals surface area contributed by atoms with Crippen LogP contribution in [0.3, 0.4) is 0 Å². The smallest absolute Gasteiger partial charge is 0.0540 e. The molecule has 108 valence electrons. The van der Waals surface area contributed by atoms with Gasteiger partial charge >= 0.3 is 0 Å². The summed E-state index contributed by atoms with van der Waals surface area (Å²) in [6.07, 6.45) is 5.92. The molecule has 0 saturated carbocycles. The largest absolute Gasteiger partial charge is 0.395 e. The van der Waals surface area contributed by atoms with Crippen molar-refractivity contribution in [3.05, 3.63) is 35.4 Å². The van der Waals surface area contributed by atoms with Crippen LogP contribution in [0.25, 0.3) is 0 Å². The van der Waals surface area contributed by atoms with E-state index >= 15 is 0 Å². The van der Waals surface area contributed by atoms with E-state index in [0.29, 0.717) is 12.5 Å². The Morgan fingerprint density at radius 3 is 3.05 bits per heavy atom. The normalized spacial score (nSPS) is 20.0. The Kier molecular flexibility index (Phi) is 6.11. The van der Waals surface area contributed by atoms with Crippen molar-refractivity contribution in [2.45, 2.75) is 51.6 Å².